The first-order valence-electron chi connectivity index (χ1n) is 7.02. The zero-order valence-corrected chi connectivity index (χ0v) is 11.5. The molecule has 1 heterocycles. The maximum atomic E-state index is 4.97. The Morgan fingerprint density at radius 3 is 2.53 bits per heavy atom. The van der Waals surface area contributed by atoms with E-state index in [0.29, 0.717) is 0 Å². The molecular formula is C14H22N2S. The van der Waals surface area contributed by atoms with Gasteiger partial charge in [-0.1, -0.05) is 19.3 Å². The van der Waals surface area contributed by atoms with Gasteiger partial charge in [0.05, 0.1) is 11.2 Å². The van der Waals surface area contributed by atoms with Crippen molar-refractivity contribution in [3.05, 3.63) is 15.6 Å². The van der Waals surface area contributed by atoms with E-state index in [1.165, 1.54) is 68.5 Å². The summed E-state index contributed by atoms with van der Waals surface area (Å²) in [6.07, 6.45) is 11.8. The van der Waals surface area contributed by atoms with Gasteiger partial charge in [0.25, 0.3) is 0 Å². The minimum absolute atomic E-state index is 0.209. The van der Waals surface area contributed by atoms with E-state index in [0.717, 1.165) is 0 Å². The van der Waals surface area contributed by atoms with Crippen LogP contribution in [-0.2, 0) is 18.4 Å². The van der Waals surface area contributed by atoms with Crippen molar-refractivity contribution in [2.45, 2.75) is 63.3 Å². The minimum Gasteiger partial charge on any atom is -0.308 e. The lowest BCUT2D eigenvalue weighted by Gasteiger charge is -2.35. The first kappa shape index (κ1) is 11.7. The Morgan fingerprint density at radius 1 is 1.06 bits per heavy atom. The molecule has 1 fully saturated rings. The van der Waals surface area contributed by atoms with Crippen LogP contribution in [0.25, 0.3) is 0 Å². The van der Waals surface area contributed by atoms with Crippen LogP contribution in [0, 0.1) is 0 Å². The third kappa shape index (κ3) is 2.04. The Hall–Kier alpha value is -0.410. The molecule has 0 spiro atoms. The molecule has 0 amide bonds. The lowest BCUT2D eigenvalue weighted by Crippen LogP contribution is -2.41. The van der Waals surface area contributed by atoms with Gasteiger partial charge in [0.15, 0.2) is 0 Å². The third-order valence-corrected chi connectivity index (χ3v) is 5.80. The molecule has 0 aromatic carbocycles. The second kappa shape index (κ2) is 4.69. The van der Waals surface area contributed by atoms with E-state index in [-0.39, 0.29) is 5.54 Å². The van der Waals surface area contributed by atoms with E-state index in [2.05, 4.69) is 12.4 Å². The lowest BCUT2D eigenvalue weighted by molar-refractivity contribution is 0.249. The summed E-state index contributed by atoms with van der Waals surface area (Å²) in [5, 5.41) is 4.97. The highest BCUT2D eigenvalue weighted by molar-refractivity contribution is 7.11. The summed E-state index contributed by atoms with van der Waals surface area (Å²) in [6, 6.07) is 0. The number of hydrogen-bond acceptors (Lipinski definition) is 3. The second-order valence-electron chi connectivity index (χ2n) is 5.49. The van der Waals surface area contributed by atoms with Gasteiger partial charge in [0.1, 0.15) is 5.01 Å². The maximum absolute atomic E-state index is 4.97. The van der Waals surface area contributed by atoms with Gasteiger partial charge in [-0.15, -0.1) is 11.3 Å². The predicted octanol–water partition coefficient (Wildman–Crippen LogP) is 3.40. The first-order valence-corrected chi connectivity index (χ1v) is 7.84. The smallest absolute Gasteiger partial charge is 0.113 e. The van der Waals surface area contributed by atoms with Gasteiger partial charge in [0.2, 0.25) is 0 Å². The number of thiazole rings is 1. The summed E-state index contributed by atoms with van der Waals surface area (Å²) in [5.41, 5.74) is 1.62. The van der Waals surface area contributed by atoms with Crippen molar-refractivity contribution in [1.29, 1.82) is 0 Å². The van der Waals surface area contributed by atoms with Gasteiger partial charge < -0.3 is 5.32 Å². The van der Waals surface area contributed by atoms with E-state index in [1.807, 2.05) is 11.3 Å². The molecule has 0 radical (unpaired) electrons. The zero-order chi connectivity index (χ0) is 11.7. The molecule has 1 saturated carbocycles. The first-order chi connectivity index (χ1) is 8.34. The summed E-state index contributed by atoms with van der Waals surface area (Å²) in [7, 11) is 2.12. The maximum Gasteiger partial charge on any atom is 0.113 e. The van der Waals surface area contributed by atoms with E-state index in [1.54, 1.807) is 4.88 Å². The third-order valence-electron chi connectivity index (χ3n) is 4.44. The van der Waals surface area contributed by atoms with Crippen molar-refractivity contribution in [3.63, 3.8) is 0 Å². The van der Waals surface area contributed by atoms with Crippen LogP contribution >= 0.6 is 11.3 Å². The molecule has 1 N–H and O–H groups in total. The fourth-order valence-corrected chi connectivity index (χ4v) is 4.69. The number of nitrogens with one attached hydrogen (secondary N) is 1. The number of nitrogens with zero attached hydrogens (tertiary/aromatic N) is 1. The number of rotatable bonds is 2. The molecule has 0 aliphatic heterocycles. The van der Waals surface area contributed by atoms with E-state index in [9.17, 15) is 0 Å². The normalized spacial score (nSPS) is 23.4. The van der Waals surface area contributed by atoms with Crippen LogP contribution in [0.5, 0.6) is 0 Å². The van der Waals surface area contributed by atoms with Crippen LogP contribution < -0.4 is 5.32 Å². The standard InChI is InChI=1S/C14H22N2S/c1-15-14(9-5-2-6-10-14)13-16-11-7-3-4-8-12(11)17-13/h15H,2-10H2,1H3. The van der Waals surface area contributed by atoms with Crippen molar-refractivity contribution in [2.75, 3.05) is 7.05 Å². The van der Waals surface area contributed by atoms with Crippen LogP contribution in [-0.4, -0.2) is 12.0 Å². The number of aromatic nitrogens is 1. The van der Waals surface area contributed by atoms with Crippen molar-refractivity contribution in [1.82, 2.24) is 10.3 Å². The number of fused-ring (bicyclic) bond motifs is 1. The Bertz CT molecular complexity index is 367. The molecule has 0 bridgehead atoms. The topological polar surface area (TPSA) is 24.9 Å². The fourth-order valence-electron chi connectivity index (χ4n) is 3.28. The van der Waals surface area contributed by atoms with E-state index >= 15 is 0 Å². The number of aryl methyl sites for hydroxylation is 2. The molecule has 2 aliphatic rings. The van der Waals surface area contributed by atoms with Gasteiger partial charge in [-0.3, -0.25) is 0 Å². The van der Waals surface area contributed by atoms with Gasteiger partial charge in [0, 0.05) is 4.88 Å². The van der Waals surface area contributed by atoms with E-state index in [4.69, 9.17) is 4.98 Å². The molecule has 3 heteroatoms. The number of hydrogen-bond donors (Lipinski definition) is 1. The molecule has 2 aliphatic carbocycles. The minimum atomic E-state index is 0.209. The van der Waals surface area contributed by atoms with Crippen LogP contribution in [0.15, 0.2) is 0 Å². The molecule has 0 atom stereocenters. The molecule has 2 nitrogen and oxygen atoms in total. The average molecular weight is 250 g/mol. The predicted molar refractivity (Wildman–Crippen MR) is 72.6 cm³/mol. The molecule has 17 heavy (non-hydrogen) atoms. The van der Waals surface area contributed by atoms with Crippen molar-refractivity contribution < 1.29 is 0 Å². The zero-order valence-electron chi connectivity index (χ0n) is 10.7. The highest BCUT2D eigenvalue weighted by atomic mass is 32.1. The Balaban J connectivity index is 1.93. The monoisotopic (exact) mass is 250 g/mol. The van der Waals surface area contributed by atoms with E-state index < -0.39 is 0 Å². The Kier molecular flexibility index (Phi) is 3.22. The Morgan fingerprint density at radius 2 is 1.82 bits per heavy atom. The molecule has 94 valence electrons. The van der Waals surface area contributed by atoms with Gasteiger partial charge in [-0.2, -0.15) is 0 Å². The van der Waals surface area contributed by atoms with Gasteiger partial charge in [-0.05, 0) is 45.6 Å². The highest BCUT2D eigenvalue weighted by Crippen LogP contribution is 2.40. The lowest BCUT2D eigenvalue weighted by atomic mass is 9.82. The van der Waals surface area contributed by atoms with Crippen molar-refractivity contribution in [3.8, 4) is 0 Å². The molecule has 1 aromatic rings. The molecule has 1 aromatic heterocycles. The highest BCUT2D eigenvalue weighted by Gasteiger charge is 2.36. The summed E-state index contributed by atoms with van der Waals surface area (Å²) < 4.78 is 0. The molecule has 0 unspecified atom stereocenters. The largest absolute Gasteiger partial charge is 0.308 e. The second-order valence-corrected chi connectivity index (χ2v) is 6.57. The van der Waals surface area contributed by atoms with Crippen molar-refractivity contribution >= 4 is 11.3 Å². The fraction of sp³-hybridized carbons (Fsp3) is 0.786. The molecular weight excluding hydrogens is 228 g/mol. The van der Waals surface area contributed by atoms with Crippen LogP contribution in [0.3, 0.4) is 0 Å². The molecule has 3 rings (SSSR count). The summed E-state index contributed by atoms with van der Waals surface area (Å²) in [6.45, 7) is 0. The van der Waals surface area contributed by atoms with Gasteiger partial charge in [-0.25, -0.2) is 4.98 Å². The summed E-state index contributed by atoms with van der Waals surface area (Å²) in [5.74, 6) is 0. The van der Waals surface area contributed by atoms with Crippen LogP contribution in [0.4, 0.5) is 0 Å². The summed E-state index contributed by atoms with van der Waals surface area (Å²) in [4.78, 5) is 6.55. The van der Waals surface area contributed by atoms with Crippen LogP contribution in [0.1, 0.15) is 60.5 Å². The molecule has 0 saturated heterocycles. The summed E-state index contributed by atoms with van der Waals surface area (Å²) >= 11 is 1.99. The SMILES string of the molecule is CNC1(c2nc3c(s2)CCCC3)CCCCC1. The van der Waals surface area contributed by atoms with Crippen LogP contribution in [0.2, 0.25) is 0 Å². The Labute approximate surface area is 108 Å². The average Bonchev–Trinajstić information content (AvgIpc) is 2.84. The van der Waals surface area contributed by atoms with Crippen molar-refractivity contribution in [2.24, 2.45) is 0 Å². The quantitative estimate of drug-likeness (QED) is 0.870. The van der Waals surface area contributed by atoms with Gasteiger partial charge >= 0.3 is 0 Å².